The van der Waals surface area contributed by atoms with Crippen molar-refractivity contribution in [3.8, 4) is 0 Å². The number of fused-ring (bicyclic) bond motifs is 1. The highest BCUT2D eigenvalue weighted by atomic mass is 35.5. The first-order chi connectivity index (χ1) is 15.5. The highest BCUT2D eigenvalue weighted by Crippen LogP contribution is 2.40. The van der Waals surface area contributed by atoms with Gasteiger partial charge in [0, 0.05) is 50.7 Å². The van der Waals surface area contributed by atoms with Crippen LogP contribution in [0.4, 0.5) is 17.6 Å². The third-order valence-electron chi connectivity index (χ3n) is 6.82. The van der Waals surface area contributed by atoms with Gasteiger partial charge in [-0.3, -0.25) is 4.21 Å². The number of nitrogens with one attached hydrogen (secondary N) is 1. The Bertz CT molecular complexity index is 1000. The molecule has 0 unspecified atom stereocenters. The zero-order valence-electron chi connectivity index (χ0n) is 18.1. The Hall–Kier alpha value is -2.04. The van der Waals surface area contributed by atoms with E-state index in [0.717, 1.165) is 56.8 Å². The maximum absolute atomic E-state index is 12.9. The van der Waals surface area contributed by atoms with Gasteiger partial charge in [-0.2, -0.15) is 9.97 Å². The molecule has 1 saturated heterocycles. The summed E-state index contributed by atoms with van der Waals surface area (Å²) < 4.78 is 12.9. The molecule has 2 N–H and O–H groups in total. The number of aliphatic hydroxyl groups excluding tert-OH is 1. The van der Waals surface area contributed by atoms with Crippen molar-refractivity contribution in [1.29, 1.82) is 0 Å². The van der Waals surface area contributed by atoms with E-state index in [2.05, 4.69) is 20.2 Å². The van der Waals surface area contributed by atoms with Crippen LogP contribution in [0.3, 0.4) is 0 Å². The van der Waals surface area contributed by atoms with Gasteiger partial charge < -0.3 is 20.2 Å². The zero-order chi connectivity index (χ0) is 22.3. The van der Waals surface area contributed by atoms with Crippen molar-refractivity contribution < 1.29 is 9.32 Å². The molecule has 0 radical (unpaired) electrons. The van der Waals surface area contributed by atoms with Crippen LogP contribution in [0.5, 0.6) is 0 Å². The molecule has 3 aliphatic rings. The van der Waals surface area contributed by atoms with Crippen LogP contribution in [0.15, 0.2) is 17.3 Å². The minimum Gasteiger partial charge on any atom is -0.394 e. The Labute approximate surface area is 195 Å². The van der Waals surface area contributed by atoms with E-state index in [1.54, 1.807) is 12.4 Å². The Balaban J connectivity index is 1.42. The number of nitrogens with zero attached hydrogens (tertiary/aromatic N) is 6. The summed E-state index contributed by atoms with van der Waals surface area (Å²) >= 11 is 5.92. The SMILES string of the molecule is CN1CC[S@@](=O)c2c(NC3(CO)CCC3)nc(N3CCC(c4ncc(Cl)cn4)CC3)nc21. The van der Waals surface area contributed by atoms with E-state index in [9.17, 15) is 9.32 Å². The third kappa shape index (κ3) is 4.04. The Morgan fingerprint density at radius 2 is 1.94 bits per heavy atom. The predicted molar refractivity (Wildman–Crippen MR) is 125 cm³/mol. The molecule has 1 atom stereocenters. The topological polar surface area (TPSA) is 107 Å². The van der Waals surface area contributed by atoms with Gasteiger partial charge in [0.2, 0.25) is 5.95 Å². The lowest BCUT2D eigenvalue weighted by Crippen LogP contribution is -2.49. The van der Waals surface area contributed by atoms with Gasteiger partial charge >= 0.3 is 0 Å². The summed E-state index contributed by atoms with van der Waals surface area (Å²) in [5.41, 5.74) is -0.376. The lowest BCUT2D eigenvalue weighted by atomic mass is 9.77. The molecule has 2 fully saturated rings. The average molecular weight is 478 g/mol. The molecule has 0 bridgehead atoms. The van der Waals surface area contributed by atoms with Gasteiger partial charge in [-0.05, 0) is 32.1 Å². The highest BCUT2D eigenvalue weighted by Gasteiger charge is 2.39. The summed E-state index contributed by atoms with van der Waals surface area (Å²) in [7, 11) is 0.813. The van der Waals surface area contributed by atoms with E-state index in [1.165, 1.54) is 0 Å². The molecule has 32 heavy (non-hydrogen) atoms. The molecule has 2 aromatic rings. The summed E-state index contributed by atoms with van der Waals surface area (Å²) in [4.78, 5) is 23.3. The second-order valence-corrected chi connectivity index (χ2v) is 10.9. The van der Waals surface area contributed by atoms with E-state index >= 15 is 0 Å². The van der Waals surface area contributed by atoms with Crippen LogP contribution < -0.4 is 15.1 Å². The van der Waals surface area contributed by atoms with Crippen molar-refractivity contribution in [3.63, 3.8) is 0 Å². The number of hydrogen-bond acceptors (Lipinski definition) is 9. The second-order valence-electron chi connectivity index (χ2n) is 8.93. The van der Waals surface area contributed by atoms with Gasteiger partial charge in [0.05, 0.1) is 28.0 Å². The highest BCUT2D eigenvalue weighted by molar-refractivity contribution is 7.85. The van der Waals surface area contributed by atoms with Crippen LogP contribution in [-0.4, -0.2) is 73.8 Å². The van der Waals surface area contributed by atoms with Crippen LogP contribution in [0, 0.1) is 0 Å². The largest absolute Gasteiger partial charge is 0.394 e. The number of hydrogen-bond donors (Lipinski definition) is 2. The number of piperidine rings is 1. The van der Waals surface area contributed by atoms with Crippen molar-refractivity contribution >= 4 is 40.0 Å². The van der Waals surface area contributed by atoms with Crippen LogP contribution in [-0.2, 0) is 10.8 Å². The van der Waals surface area contributed by atoms with E-state index < -0.39 is 10.8 Å². The lowest BCUT2D eigenvalue weighted by molar-refractivity contribution is 0.143. The molecular weight excluding hydrogens is 450 g/mol. The first-order valence-corrected chi connectivity index (χ1v) is 12.8. The van der Waals surface area contributed by atoms with Crippen LogP contribution in [0.1, 0.15) is 43.8 Å². The monoisotopic (exact) mass is 477 g/mol. The molecule has 11 heteroatoms. The first kappa shape index (κ1) is 21.8. The third-order valence-corrected chi connectivity index (χ3v) is 8.40. The van der Waals surface area contributed by atoms with Crippen LogP contribution in [0.2, 0.25) is 5.02 Å². The molecule has 4 heterocycles. The maximum atomic E-state index is 12.9. The average Bonchev–Trinajstić information content (AvgIpc) is 2.79. The van der Waals surface area contributed by atoms with Crippen molar-refractivity contribution in [1.82, 2.24) is 19.9 Å². The fourth-order valence-corrected chi connectivity index (χ4v) is 6.06. The lowest BCUT2D eigenvalue weighted by Gasteiger charge is -2.42. The van der Waals surface area contributed by atoms with E-state index in [1.807, 2.05) is 11.9 Å². The molecule has 0 amide bonds. The van der Waals surface area contributed by atoms with Crippen molar-refractivity contribution in [2.24, 2.45) is 0 Å². The van der Waals surface area contributed by atoms with Crippen molar-refractivity contribution in [2.45, 2.75) is 48.5 Å². The molecular formula is C21H28ClN7O2S. The quantitative estimate of drug-likeness (QED) is 0.669. The summed E-state index contributed by atoms with van der Waals surface area (Å²) in [5, 5.41) is 14.0. The van der Waals surface area contributed by atoms with Crippen molar-refractivity contribution in [2.75, 3.05) is 54.2 Å². The number of aliphatic hydroxyl groups is 1. The zero-order valence-corrected chi connectivity index (χ0v) is 19.7. The molecule has 1 saturated carbocycles. The molecule has 0 aromatic carbocycles. The molecule has 172 valence electrons. The summed E-state index contributed by atoms with van der Waals surface area (Å²) in [6, 6.07) is 0. The summed E-state index contributed by atoms with van der Waals surface area (Å²) in [6.45, 7) is 2.30. The van der Waals surface area contributed by atoms with Crippen molar-refractivity contribution in [3.05, 3.63) is 23.2 Å². The number of halogens is 1. The number of anilines is 3. The Morgan fingerprint density at radius 1 is 1.22 bits per heavy atom. The fourth-order valence-electron chi connectivity index (χ4n) is 4.60. The van der Waals surface area contributed by atoms with Gasteiger partial charge in [-0.15, -0.1) is 0 Å². The standard InChI is InChI=1S/C21H28ClN7O2S/c1-28-9-10-32(31)16-18(27-21(13-30)5-2-6-21)25-20(26-19(16)28)29-7-3-14(4-8-29)17-23-11-15(22)12-24-17/h11-12,14,30H,2-10,13H2,1H3,(H,25,26,27)/t32-/m1/s1. The van der Waals surface area contributed by atoms with E-state index in [-0.39, 0.29) is 18.1 Å². The smallest absolute Gasteiger partial charge is 0.229 e. The minimum absolute atomic E-state index is 0.0378. The first-order valence-electron chi connectivity index (χ1n) is 11.1. The molecule has 1 aliphatic carbocycles. The van der Waals surface area contributed by atoms with Gasteiger partial charge in [0.1, 0.15) is 10.7 Å². The Kier molecular flexibility index (Phi) is 5.94. The Morgan fingerprint density at radius 3 is 2.56 bits per heavy atom. The molecule has 2 aromatic heterocycles. The summed E-state index contributed by atoms with van der Waals surface area (Å²) in [5.74, 6) is 3.62. The van der Waals surface area contributed by atoms with Gasteiger partial charge in [0.25, 0.3) is 0 Å². The normalized spacial score (nSPS) is 22.9. The predicted octanol–water partition coefficient (Wildman–Crippen LogP) is 2.19. The maximum Gasteiger partial charge on any atom is 0.229 e. The minimum atomic E-state index is -1.16. The van der Waals surface area contributed by atoms with Gasteiger partial charge in [-0.1, -0.05) is 11.6 Å². The molecule has 0 spiro atoms. The summed E-state index contributed by atoms with van der Waals surface area (Å²) in [6.07, 6.45) is 7.92. The van der Waals surface area contributed by atoms with E-state index in [0.29, 0.717) is 34.0 Å². The molecule has 2 aliphatic heterocycles. The van der Waals surface area contributed by atoms with Crippen LogP contribution >= 0.6 is 11.6 Å². The number of aromatic nitrogens is 4. The molecule has 9 nitrogen and oxygen atoms in total. The van der Waals surface area contributed by atoms with Crippen LogP contribution in [0.25, 0.3) is 0 Å². The fraction of sp³-hybridized carbons (Fsp3) is 0.619. The van der Waals surface area contributed by atoms with Gasteiger partial charge in [0.15, 0.2) is 11.6 Å². The van der Waals surface area contributed by atoms with Gasteiger partial charge in [-0.25, -0.2) is 9.97 Å². The second kappa shape index (κ2) is 8.72. The van der Waals surface area contributed by atoms with E-state index in [4.69, 9.17) is 21.6 Å². The number of rotatable bonds is 5. The molecule has 5 rings (SSSR count).